The molecule has 0 bridgehead atoms. The summed E-state index contributed by atoms with van der Waals surface area (Å²) in [6.07, 6.45) is 0. The molecule has 2 atom stereocenters. The molecule has 86 valence electrons. The van der Waals surface area contributed by atoms with Crippen molar-refractivity contribution >= 4 is 0 Å². The van der Waals surface area contributed by atoms with Crippen LogP contribution in [0, 0.1) is 18.8 Å². The van der Waals surface area contributed by atoms with Crippen LogP contribution in [0.4, 0.5) is 0 Å². The Bertz CT molecular complexity index is 290. The van der Waals surface area contributed by atoms with E-state index in [0.29, 0.717) is 17.9 Å². The third-order valence-corrected chi connectivity index (χ3v) is 3.07. The average Bonchev–Trinajstić information content (AvgIpc) is 2.60. The Morgan fingerprint density at radius 1 is 1.27 bits per heavy atom. The lowest BCUT2D eigenvalue weighted by Gasteiger charge is -2.26. The fourth-order valence-corrected chi connectivity index (χ4v) is 1.77. The molecule has 15 heavy (non-hydrogen) atoms. The average molecular weight is 209 g/mol. The normalized spacial score (nSPS) is 15.6. The predicted molar refractivity (Wildman–Crippen MR) is 63.9 cm³/mol. The quantitative estimate of drug-likeness (QED) is 0.802. The third-order valence-electron chi connectivity index (χ3n) is 3.07. The van der Waals surface area contributed by atoms with E-state index >= 15 is 0 Å². The van der Waals surface area contributed by atoms with Crippen LogP contribution in [-0.2, 0) is 0 Å². The monoisotopic (exact) mass is 209 g/mol. The van der Waals surface area contributed by atoms with Gasteiger partial charge in [-0.1, -0.05) is 27.7 Å². The van der Waals surface area contributed by atoms with Gasteiger partial charge < -0.3 is 9.73 Å². The van der Waals surface area contributed by atoms with E-state index in [0.717, 1.165) is 18.1 Å². The maximum absolute atomic E-state index is 5.71. The molecule has 0 saturated heterocycles. The summed E-state index contributed by atoms with van der Waals surface area (Å²) in [5.74, 6) is 3.29. The molecule has 0 amide bonds. The minimum absolute atomic E-state index is 0.337. The molecule has 0 aliphatic heterocycles. The van der Waals surface area contributed by atoms with E-state index in [1.54, 1.807) is 0 Å². The van der Waals surface area contributed by atoms with E-state index in [9.17, 15) is 0 Å². The SMILES string of the molecule is CCNC(c1ccc(C)o1)C(C)C(C)C. The molecular formula is C13H23NO. The zero-order valence-corrected chi connectivity index (χ0v) is 10.5. The van der Waals surface area contributed by atoms with Crippen LogP contribution in [0.15, 0.2) is 16.5 Å². The molecule has 1 aromatic heterocycles. The van der Waals surface area contributed by atoms with Gasteiger partial charge in [-0.15, -0.1) is 0 Å². The fraction of sp³-hybridized carbons (Fsp3) is 0.692. The van der Waals surface area contributed by atoms with Crippen molar-refractivity contribution in [2.75, 3.05) is 6.54 Å². The summed E-state index contributed by atoms with van der Waals surface area (Å²) in [5.41, 5.74) is 0. The molecule has 2 nitrogen and oxygen atoms in total. The second kappa shape index (κ2) is 5.36. The van der Waals surface area contributed by atoms with Gasteiger partial charge in [-0.25, -0.2) is 0 Å². The van der Waals surface area contributed by atoms with E-state index < -0.39 is 0 Å². The number of aryl methyl sites for hydroxylation is 1. The van der Waals surface area contributed by atoms with Crippen LogP contribution in [0.2, 0.25) is 0 Å². The molecule has 0 aromatic carbocycles. The predicted octanol–water partition coefficient (Wildman–Crippen LogP) is 3.53. The Morgan fingerprint density at radius 2 is 1.93 bits per heavy atom. The summed E-state index contributed by atoms with van der Waals surface area (Å²) >= 11 is 0. The van der Waals surface area contributed by atoms with Crippen LogP contribution in [0.3, 0.4) is 0 Å². The molecule has 0 aliphatic rings. The largest absolute Gasteiger partial charge is 0.465 e. The molecule has 0 radical (unpaired) electrons. The van der Waals surface area contributed by atoms with Crippen molar-refractivity contribution in [1.82, 2.24) is 5.32 Å². The molecule has 2 unspecified atom stereocenters. The first-order valence-electron chi connectivity index (χ1n) is 5.86. The fourth-order valence-electron chi connectivity index (χ4n) is 1.77. The zero-order valence-electron chi connectivity index (χ0n) is 10.5. The Labute approximate surface area is 93.1 Å². The molecule has 1 heterocycles. The summed E-state index contributed by atoms with van der Waals surface area (Å²) in [6, 6.07) is 4.46. The lowest BCUT2D eigenvalue weighted by Crippen LogP contribution is -2.29. The first-order chi connectivity index (χ1) is 7.06. The molecule has 0 fully saturated rings. The van der Waals surface area contributed by atoms with Crippen LogP contribution in [0.5, 0.6) is 0 Å². The highest BCUT2D eigenvalue weighted by atomic mass is 16.3. The van der Waals surface area contributed by atoms with E-state index in [2.05, 4.69) is 39.1 Å². The van der Waals surface area contributed by atoms with Crippen molar-refractivity contribution in [2.24, 2.45) is 11.8 Å². The standard InChI is InChI=1S/C13H23NO/c1-6-14-13(11(5)9(2)3)12-8-7-10(4)15-12/h7-9,11,13-14H,6H2,1-5H3. The minimum Gasteiger partial charge on any atom is -0.465 e. The summed E-state index contributed by atoms with van der Waals surface area (Å²) in [5, 5.41) is 3.50. The van der Waals surface area contributed by atoms with E-state index in [1.807, 2.05) is 13.0 Å². The Morgan fingerprint density at radius 3 is 2.33 bits per heavy atom. The van der Waals surface area contributed by atoms with E-state index in [4.69, 9.17) is 4.42 Å². The van der Waals surface area contributed by atoms with Crippen molar-refractivity contribution in [3.05, 3.63) is 23.7 Å². The molecule has 1 rings (SSSR count). The summed E-state index contributed by atoms with van der Waals surface area (Å²) in [6.45, 7) is 11.9. The second-order valence-electron chi connectivity index (χ2n) is 4.59. The van der Waals surface area contributed by atoms with Crippen molar-refractivity contribution in [3.8, 4) is 0 Å². The van der Waals surface area contributed by atoms with Crippen molar-refractivity contribution in [1.29, 1.82) is 0 Å². The molecule has 1 N–H and O–H groups in total. The number of nitrogens with one attached hydrogen (secondary N) is 1. The van der Waals surface area contributed by atoms with Gasteiger partial charge in [-0.05, 0) is 37.4 Å². The molecule has 1 aromatic rings. The van der Waals surface area contributed by atoms with Gasteiger partial charge in [0, 0.05) is 0 Å². The topological polar surface area (TPSA) is 25.2 Å². The number of hydrogen-bond donors (Lipinski definition) is 1. The summed E-state index contributed by atoms with van der Waals surface area (Å²) < 4.78 is 5.71. The first-order valence-corrected chi connectivity index (χ1v) is 5.86. The van der Waals surface area contributed by atoms with Gasteiger partial charge >= 0.3 is 0 Å². The maximum atomic E-state index is 5.71. The third kappa shape index (κ3) is 3.10. The first kappa shape index (κ1) is 12.3. The second-order valence-corrected chi connectivity index (χ2v) is 4.59. The van der Waals surface area contributed by atoms with Gasteiger partial charge in [0.25, 0.3) is 0 Å². The number of rotatable bonds is 5. The zero-order chi connectivity index (χ0) is 11.4. The minimum atomic E-state index is 0.337. The van der Waals surface area contributed by atoms with E-state index in [1.165, 1.54) is 0 Å². The Balaban J connectivity index is 2.82. The van der Waals surface area contributed by atoms with E-state index in [-0.39, 0.29) is 0 Å². The van der Waals surface area contributed by atoms with Gasteiger partial charge in [0.15, 0.2) is 0 Å². The number of hydrogen-bond acceptors (Lipinski definition) is 2. The molecule has 0 saturated carbocycles. The Kier molecular flexibility index (Phi) is 4.40. The van der Waals surface area contributed by atoms with Crippen molar-refractivity contribution in [2.45, 2.75) is 40.7 Å². The number of furan rings is 1. The highest BCUT2D eigenvalue weighted by molar-refractivity contribution is 5.10. The Hall–Kier alpha value is -0.760. The van der Waals surface area contributed by atoms with Gasteiger partial charge in [-0.3, -0.25) is 0 Å². The van der Waals surface area contributed by atoms with Gasteiger partial charge in [0.1, 0.15) is 11.5 Å². The smallest absolute Gasteiger partial charge is 0.121 e. The van der Waals surface area contributed by atoms with Gasteiger partial charge in [-0.2, -0.15) is 0 Å². The van der Waals surface area contributed by atoms with Crippen LogP contribution >= 0.6 is 0 Å². The van der Waals surface area contributed by atoms with Crippen LogP contribution in [0.25, 0.3) is 0 Å². The molecule has 0 spiro atoms. The summed E-state index contributed by atoms with van der Waals surface area (Å²) in [4.78, 5) is 0. The van der Waals surface area contributed by atoms with Crippen LogP contribution < -0.4 is 5.32 Å². The highest BCUT2D eigenvalue weighted by Gasteiger charge is 2.23. The van der Waals surface area contributed by atoms with Gasteiger partial charge in [0.2, 0.25) is 0 Å². The lowest BCUT2D eigenvalue weighted by molar-refractivity contribution is 0.268. The van der Waals surface area contributed by atoms with Gasteiger partial charge in [0.05, 0.1) is 6.04 Å². The summed E-state index contributed by atoms with van der Waals surface area (Å²) in [7, 11) is 0. The van der Waals surface area contributed by atoms with Crippen molar-refractivity contribution in [3.63, 3.8) is 0 Å². The van der Waals surface area contributed by atoms with Crippen molar-refractivity contribution < 1.29 is 4.42 Å². The van der Waals surface area contributed by atoms with Crippen LogP contribution in [-0.4, -0.2) is 6.54 Å². The van der Waals surface area contributed by atoms with Crippen LogP contribution in [0.1, 0.15) is 45.3 Å². The molecule has 0 aliphatic carbocycles. The lowest BCUT2D eigenvalue weighted by atomic mass is 9.89. The molecule has 2 heteroatoms. The highest BCUT2D eigenvalue weighted by Crippen LogP contribution is 2.28. The maximum Gasteiger partial charge on any atom is 0.121 e. The molecular weight excluding hydrogens is 186 g/mol.